The van der Waals surface area contributed by atoms with Crippen molar-refractivity contribution < 1.29 is 19.1 Å². The summed E-state index contributed by atoms with van der Waals surface area (Å²) < 4.78 is 13.0. The standard InChI is InChI=1S/C18H18N2O5S/c1-4-25-17(22)12-13-14(19(2)16(12)21)15(18(23)24-3)26-20(13)10-11-8-6-5-7-9-11/h5-9H,4,10H2,1-3H3. The molecule has 2 heterocycles. The maximum atomic E-state index is 12.6. The smallest absolute Gasteiger partial charge is 0.351 e. The number of aromatic nitrogens is 2. The minimum absolute atomic E-state index is 0.0633. The average molecular weight is 374 g/mol. The Balaban J connectivity index is 2.24. The van der Waals surface area contributed by atoms with Gasteiger partial charge in [0.25, 0.3) is 5.56 Å². The first-order valence-electron chi connectivity index (χ1n) is 8.01. The summed E-state index contributed by atoms with van der Waals surface area (Å²) in [6, 6.07) is 9.57. The maximum Gasteiger partial charge on any atom is 0.351 e. The van der Waals surface area contributed by atoms with Gasteiger partial charge >= 0.3 is 11.9 Å². The van der Waals surface area contributed by atoms with Gasteiger partial charge in [0.2, 0.25) is 0 Å². The fourth-order valence-corrected chi connectivity index (χ4v) is 4.00. The van der Waals surface area contributed by atoms with Crippen LogP contribution in [0.15, 0.2) is 35.1 Å². The van der Waals surface area contributed by atoms with Gasteiger partial charge in [0.1, 0.15) is 0 Å². The zero-order valence-electron chi connectivity index (χ0n) is 14.6. The normalized spacial score (nSPS) is 10.9. The Labute approximate surface area is 153 Å². The number of fused-ring (bicyclic) bond motifs is 1. The Hall–Kier alpha value is -2.87. The molecule has 0 unspecified atom stereocenters. The van der Waals surface area contributed by atoms with Crippen LogP contribution in [0.5, 0.6) is 0 Å². The molecule has 0 radical (unpaired) electrons. The van der Waals surface area contributed by atoms with Crippen molar-refractivity contribution in [3.63, 3.8) is 0 Å². The molecule has 3 rings (SSSR count). The highest BCUT2D eigenvalue weighted by molar-refractivity contribution is 7.09. The van der Waals surface area contributed by atoms with E-state index in [-0.39, 0.29) is 17.0 Å². The molecule has 1 aromatic carbocycles. The Bertz CT molecular complexity index is 983. The molecule has 0 aromatic heterocycles. The zero-order valence-corrected chi connectivity index (χ0v) is 15.5. The molecule has 0 saturated heterocycles. The van der Waals surface area contributed by atoms with Gasteiger partial charge in [-0.2, -0.15) is 0 Å². The van der Waals surface area contributed by atoms with E-state index in [1.54, 1.807) is 10.9 Å². The van der Waals surface area contributed by atoms with Crippen LogP contribution in [0, 0.1) is 0 Å². The molecule has 0 amide bonds. The zero-order chi connectivity index (χ0) is 18.8. The van der Waals surface area contributed by atoms with Crippen LogP contribution in [0.25, 0.3) is 11.4 Å². The third-order valence-corrected chi connectivity index (χ3v) is 5.07. The summed E-state index contributed by atoms with van der Waals surface area (Å²) in [4.78, 5) is 37.5. The first-order valence-corrected chi connectivity index (χ1v) is 8.78. The molecule has 7 nitrogen and oxygen atoms in total. The lowest BCUT2D eigenvalue weighted by Gasteiger charge is -2.07. The first kappa shape index (κ1) is 17.9. The van der Waals surface area contributed by atoms with Crippen molar-refractivity contribution in [2.75, 3.05) is 13.7 Å². The average Bonchev–Trinajstić information content (AvgIpc) is 3.12. The van der Waals surface area contributed by atoms with Crippen molar-refractivity contribution in [1.82, 2.24) is 8.52 Å². The Morgan fingerprint density at radius 2 is 1.81 bits per heavy atom. The van der Waals surface area contributed by atoms with Crippen molar-refractivity contribution in [2.45, 2.75) is 13.5 Å². The molecule has 2 aliphatic heterocycles. The predicted octanol–water partition coefficient (Wildman–Crippen LogP) is 2.36. The molecule has 26 heavy (non-hydrogen) atoms. The number of benzene rings is 1. The van der Waals surface area contributed by atoms with Gasteiger partial charge in [-0.1, -0.05) is 30.3 Å². The van der Waals surface area contributed by atoms with Crippen LogP contribution in [-0.2, 0) is 23.1 Å². The number of esters is 2. The topological polar surface area (TPSA) is 79.5 Å². The van der Waals surface area contributed by atoms with E-state index < -0.39 is 17.5 Å². The summed E-state index contributed by atoms with van der Waals surface area (Å²) >= 11 is 1.15. The number of hydrogen-bond acceptors (Lipinski definition) is 6. The minimum Gasteiger partial charge on any atom is -0.465 e. The number of ether oxygens (including phenoxy) is 2. The van der Waals surface area contributed by atoms with E-state index in [1.807, 2.05) is 30.3 Å². The SMILES string of the molecule is CCOC(=O)c1c2n(Cc3ccccc3)sc(C(=O)OC)c-2n(C)c1=O. The summed E-state index contributed by atoms with van der Waals surface area (Å²) in [5, 5.41) is 0. The van der Waals surface area contributed by atoms with Crippen molar-refractivity contribution in [3.05, 3.63) is 56.7 Å². The van der Waals surface area contributed by atoms with Gasteiger partial charge in [0.05, 0.1) is 31.6 Å². The van der Waals surface area contributed by atoms with Crippen LogP contribution >= 0.6 is 11.5 Å². The number of nitrogens with zero attached hydrogens (tertiary/aromatic N) is 2. The van der Waals surface area contributed by atoms with Gasteiger partial charge in [-0.05, 0) is 24.0 Å². The lowest BCUT2D eigenvalue weighted by atomic mass is 10.2. The Kier molecular flexibility index (Phi) is 4.94. The number of carbonyl (C=O) groups excluding carboxylic acids is 2. The number of methoxy groups -OCH3 is 1. The Morgan fingerprint density at radius 1 is 1.12 bits per heavy atom. The molecule has 1 aromatic rings. The van der Waals surface area contributed by atoms with Crippen molar-refractivity contribution in [2.24, 2.45) is 7.05 Å². The van der Waals surface area contributed by atoms with Crippen LogP contribution in [0.3, 0.4) is 0 Å². The highest BCUT2D eigenvalue weighted by atomic mass is 32.1. The second-order valence-electron chi connectivity index (χ2n) is 5.59. The number of rotatable bonds is 5. The van der Waals surface area contributed by atoms with E-state index >= 15 is 0 Å². The predicted molar refractivity (Wildman–Crippen MR) is 97.0 cm³/mol. The maximum absolute atomic E-state index is 12.6. The number of hydrogen-bond donors (Lipinski definition) is 0. The molecule has 0 aliphatic carbocycles. The third kappa shape index (κ3) is 2.92. The van der Waals surface area contributed by atoms with E-state index in [2.05, 4.69) is 0 Å². The second kappa shape index (κ2) is 7.17. The van der Waals surface area contributed by atoms with Crippen LogP contribution in [-0.4, -0.2) is 34.2 Å². The first-order chi connectivity index (χ1) is 12.5. The molecule has 0 saturated carbocycles. The van der Waals surface area contributed by atoms with Crippen molar-refractivity contribution >= 4 is 23.5 Å². The highest BCUT2D eigenvalue weighted by Gasteiger charge is 2.35. The summed E-state index contributed by atoms with van der Waals surface area (Å²) in [6.45, 7) is 2.24. The van der Waals surface area contributed by atoms with Crippen molar-refractivity contribution in [1.29, 1.82) is 0 Å². The molecule has 0 bridgehead atoms. The van der Waals surface area contributed by atoms with Crippen LogP contribution < -0.4 is 5.56 Å². The van der Waals surface area contributed by atoms with Gasteiger partial charge in [-0.15, -0.1) is 0 Å². The summed E-state index contributed by atoms with van der Waals surface area (Å²) in [5.74, 6) is -1.25. The summed E-state index contributed by atoms with van der Waals surface area (Å²) in [7, 11) is 2.81. The summed E-state index contributed by atoms with van der Waals surface area (Å²) in [6.07, 6.45) is 0. The second-order valence-corrected chi connectivity index (χ2v) is 6.62. The van der Waals surface area contributed by atoms with Crippen LogP contribution in [0.4, 0.5) is 0 Å². The minimum atomic E-state index is -0.695. The van der Waals surface area contributed by atoms with E-state index in [1.165, 1.54) is 18.7 Å². The lowest BCUT2D eigenvalue weighted by molar-refractivity contribution is 0.0524. The summed E-state index contributed by atoms with van der Waals surface area (Å²) in [5.41, 5.74) is 1.19. The number of carbonyl (C=O) groups is 2. The molecular weight excluding hydrogens is 356 g/mol. The molecule has 0 spiro atoms. The Morgan fingerprint density at radius 3 is 2.42 bits per heavy atom. The monoisotopic (exact) mass is 374 g/mol. The molecule has 0 atom stereocenters. The van der Waals surface area contributed by atoms with Gasteiger partial charge < -0.3 is 14.0 Å². The van der Waals surface area contributed by atoms with Crippen LogP contribution in [0.2, 0.25) is 0 Å². The van der Waals surface area contributed by atoms with E-state index in [0.29, 0.717) is 17.9 Å². The molecular formula is C18H18N2O5S. The molecule has 2 aliphatic rings. The van der Waals surface area contributed by atoms with E-state index in [4.69, 9.17) is 9.47 Å². The van der Waals surface area contributed by atoms with Crippen molar-refractivity contribution in [3.8, 4) is 11.4 Å². The third-order valence-electron chi connectivity index (χ3n) is 4.00. The molecule has 0 N–H and O–H groups in total. The molecule has 0 fully saturated rings. The van der Waals surface area contributed by atoms with E-state index in [9.17, 15) is 14.4 Å². The largest absolute Gasteiger partial charge is 0.465 e. The lowest BCUT2D eigenvalue weighted by Crippen LogP contribution is -2.20. The quantitative estimate of drug-likeness (QED) is 0.641. The fourth-order valence-electron chi connectivity index (χ4n) is 2.82. The molecule has 8 heteroatoms. The van der Waals surface area contributed by atoms with Gasteiger partial charge in [0, 0.05) is 7.05 Å². The van der Waals surface area contributed by atoms with Gasteiger partial charge in [0.15, 0.2) is 10.4 Å². The fraction of sp³-hybridized carbons (Fsp3) is 0.278. The highest BCUT2D eigenvalue weighted by Crippen LogP contribution is 2.35. The van der Waals surface area contributed by atoms with Gasteiger partial charge in [-0.3, -0.25) is 8.75 Å². The molecule has 136 valence electrons. The van der Waals surface area contributed by atoms with E-state index in [0.717, 1.165) is 17.1 Å². The van der Waals surface area contributed by atoms with Crippen LogP contribution in [0.1, 0.15) is 32.5 Å². The van der Waals surface area contributed by atoms with Gasteiger partial charge in [-0.25, -0.2) is 9.59 Å².